The summed E-state index contributed by atoms with van der Waals surface area (Å²) in [5.74, 6) is -0.569. The van der Waals surface area contributed by atoms with Crippen LogP contribution in [0.15, 0.2) is 23.8 Å². The molecule has 1 heterocycles. The molecule has 6 rings (SSSR count). The monoisotopic (exact) mass is 816 g/mol. The number of benzene rings is 1. The predicted molar refractivity (Wildman–Crippen MR) is 213 cm³/mol. The third-order valence-electron chi connectivity index (χ3n) is 14.8. The summed E-state index contributed by atoms with van der Waals surface area (Å²) in [4.78, 5) is 26.6. The maximum atomic E-state index is 13.9. The minimum atomic E-state index is -1.39. The molecule has 4 fully saturated rings. The summed E-state index contributed by atoms with van der Waals surface area (Å²) in [5, 5.41) is 46.1. The number of carbonyl (C=O) groups excluding carboxylic acids is 2. The molecule has 0 amide bonds. The minimum absolute atomic E-state index is 0.00698. The zero-order valence-corrected chi connectivity index (χ0v) is 36.0. The Morgan fingerprint density at radius 2 is 1.64 bits per heavy atom. The van der Waals surface area contributed by atoms with Crippen LogP contribution >= 0.6 is 0 Å². The van der Waals surface area contributed by atoms with E-state index >= 15 is 0 Å². The molecule has 326 valence electrons. The Labute approximate surface area is 343 Å². The lowest BCUT2D eigenvalue weighted by molar-refractivity contribution is -0.311. The van der Waals surface area contributed by atoms with E-state index in [1.807, 2.05) is 0 Å². The van der Waals surface area contributed by atoms with Gasteiger partial charge in [-0.05, 0) is 117 Å². The molecule has 4 N–H and O–H groups in total. The molecular weight excluding hydrogens is 748 g/mol. The van der Waals surface area contributed by atoms with Crippen molar-refractivity contribution in [2.75, 3.05) is 21.3 Å². The van der Waals surface area contributed by atoms with E-state index < -0.39 is 66.4 Å². The highest BCUT2D eigenvalue weighted by Crippen LogP contribution is 2.68. The Morgan fingerprint density at radius 1 is 0.966 bits per heavy atom. The van der Waals surface area contributed by atoms with Gasteiger partial charge in [0.1, 0.15) is 6.10 Å². The molecule has 1 aromatic carbocycles. The summed E-state index contributed by atoms with van der Waals surface area (Å²) in [7, 11) is 4.30. The van der Waals surface area contributed by atoms with E-state index in [1.165, 1.54) is 46.0 Å². The van der Waals surface area contributed by atoms with Crippen molar-refractivity contribution in [1.82, 2.24) is 0 Å². The lowest BCUT2D eigenvalue weighted by Gasteiger charge is -2.60. The summed E-state index contributed by atoms with van der Waals surface area (Å²) < 4.78 is 41.5. The number of methoxy groups -OCH3 is 3. The summed E-state index contributed by atoms with van der Waals surface area (Å²) in [6.45, 7) is 13.7. The van der Waals surface area contributed by atoms with Crippen molar-refractivity contribution in [3.05, 3.63) is 29.3 Å². The number of hydrogen-bond acceptors (Lipinski definition) is 13. The van der Waals surface area contributed by atoms with Gasteiger partial charge in [0.05, 0.1) is 57.4 Å². The van der Waals surface area contributed by atoms with Crippen molar-refractivity contribution in [1.29, 1.82) is 0 Å². The zero-order chi connectivity index (χ0) is 42.4. The van der Waals surface area contributed by atoms with Gasteiger partial charge in [0.2, 0.25) is 5.75 Å². The van der Waals surface area contributed by atoms with Crippen LogP contribution in [-0.4, -0.2) is 109 Å². The molecule has 1 saturated heterocycles. The number of hydrogen-bond donors (Lipinski definition) is 4. The lowest BCUT2D eigenvalue weighted by Crippen LogP contribution is -2.61. The second-order valence-electron chi connectivity index (χ2n) is 18.7. The van der Waals surface area contributed by atoms with Crippen molar-refractivity contribution in [3.8, 4) is 17.2 Å². The number of allylic oxidation sites excluding steroid dienone is 1. The van der Waals surface area contributed by atoms with Gasteiger partial charge in [-0.25, -0.2) is 4.79 Å². The van der Waals surface area contributed by atoms with Crippen molar-refractivity contribution in [3.63, 3.8) is 0 Å². The molecule has 5 aliphatic rings. The van der Waals surface area contributed by atoms with E-state index in [1.54, 1.807) is 6.92 Å². The van der Waals surface area contributed by atoms with E-state index in [0.29, 0.717) is 38.0 Å². The molecule has 0 aromatic heterocycles. The zero-order valence-electron chi connectivity index (χ0n) is 36.0. The van der Waals surface area contributed by atoms with Gasteiger partial charge in [-0.15, -0.1) is 0 Å². The first-order valence-electron chi connectivity index (χ1n) is 21.3. The summed E-state index contributed by atoms with van der Waals surface area (Å²) in [5.41, 5.74) is 0.632. The Morgan fingerprint density at radius 3 is 2.24 bits per heavy atom. The van der Waals surface area contributed by atoms with Gasteiger partial charge in [-0.3, -0.25) is 4.79 Å². The fourth-order valence-electron chi connectivity index (χ4n) is 12.0. The molecule has 1 aromatic rings. The van der Waals surface area contributed by atoms with Gasteiger partial charge in [0.25, 0.3) is 0 Å². The molecule has 0 unspecified atom stereocenters. The van der Waals surface area contributed by atoms with E-state index in [-0.39, 0.29) is 63.9 Å². The van der Waals surface area contributed by atoms with Gasteiger partial charge in [0, 0.05) is 6.92 Å². The van der Waals surface area contributed by atoms with Gasteiger partial charge in [0.15, 0.2) is 30.0 Å². The number of aliphatic hydroxyl groups excluding tert-OH is 4. The molecule has 16 atom stereocenters. The quantitative estimate of drug-likeness (QED) is 0.143. The van der Waals surface area contributed by atoms with Gasteiger partial charge in [-0.2, -0.15) is 0 Å². The largest absolute Gasteiger partial charge is 0.493 e. The average molecular weight is 817 g/mol. The third-order valence-corrected chi connectivity index (χ3v) is 14.8. The Balaban J connectivity index is 1.34. The van der Waals surface area contributed by atoms with Crippen molar-refractivity contribution >= 4 is 11.9 Å². The SMILES string of the molecule is COc1cc(C(=O)O[C@@H]2[C@@H](O)[C@H](C)O[C@@H](O[C@H]3C[C@H]4[C@@H]5CC=C6C[C@@H](O)CC[C@]6(C)[C@H]5[C@H](O)C[C@]4(C)[C@H]3[C@H](C)[C@@H](O)CCC(C)C)[C@@H]2OC(C)=O)cc(OC)c1OC. The van der Waals surface area contributed by atoms with Crippen LogP contribution in [0.3, 0.4) is 0 Å². The smallest absolute Gasteiger partial charge is 0.338 e. The fourth-order valence-corrected chi connectivity index (χ4v) is 12.0. The van der Waals surface area contributed by atoms with Gasteiger partial charge in [-0.1, -0.05) is 46.3 Å². The number of fused-ring (bicyclic) bond motifs is 5. The van der Waals surface area contributed by atoms with E-state index in [9.17, 15) is 30.0 Å². The lowest BCUT2D eigenvalue weighted by atomic mass is 9.46. The van der Waals surface area contributed by atoms with Gasteiger partial charge < -0.3 is 53.6 Å². The second kappa shape index (κ2) is 17.6. The molecule has 13 heteroatoms. The molecule has 1 aliphatic heterocycles. The molecule has 13 nitrogen and oxygen atoms in total. The van der Waals surface area contributed by atoms with Crippen LogP contribution in [0.5, 0.6) is 17.2 Å². The number of aliphatic hydroxyl groups is 4. The van der Waals surface area contributed by atoms with E-state index in [2.05, 4.69) is 40.7 Å². The Bertz CT molecular complexity index is 1640. The first kappa shape index (κ1) is 44.6. The first-order chi connectivity index (χ1) is 27.4. The molecule has 3 saturated carbocycles. The number of ether oxygens (including phenoxy) is 7. The highest BCUT2D eigenvalue weighted by atomic mass is 16.7. The van der Waals surface area contributed by atoms with E-state index in [4.69, 9.17) is 33.2 Å². The number of esters is 2. The number of rotatable bonds is 13. The van der Waals surface area contributed by atoms with E-state index in [0.717, 1.165) is 19.3 Å². The second-order valence-corrected chi connectivity index (χ2v) is 18.7. The standard InChI is InChI=1S/C45H68O13/c1-22(2)11-14-31(48)23(3)36-33(20-30-29-13-12-27-19-28(47)15-16-44(27,6)37(29)32(49)21-45(30,36)7)57-43-41(56-25(5)46)40(38(50)24(4)55-43)58-42(51)26-17-34(52-8)39(54-10)35(18-26)53-9/h12,17-18,22-24,28-33,36-38,40-41,43,47-50H,11,13-16,19-21H2,1-10H3/t23-,24+,28+,29+,30+,31+,32-,33+,36+,37-,38+,40-,41-,43+,44+,45+/m1/s1. The Hall–Kier alpha value is -2.94. The van der Waals surface area contributed by atoms with Crippen LogP contribution < -0.4 is 14.2 Å². The minimum Gasteiger partial charge on any atom is -0.493 e. The highest BCUT2D eigenvalue weighted by molar-refractivity contribution is 5.91. The van der Waals surface area contributed by atoms with Crippen molar-refractivity contribution in [2.45, 2.75) is 155 Å². The summed E-state index contributed by atoms with van der Waals surface area (Å²) >= 11 is 0. The summed E-state index contributed by atoms with van der Waals surface area (Å²) in [6.07, 6.45) is -0.526. The van der Waals surface area contributed by atoms with Crippen LogP contribution in [0, 0.1) is 46.3 Å². The molecule has 0 radical (unpaired) electrons. The van der Waals surface area contributed by atoms with Crippen LogP contribution in [-0.2, 0) is 23.7 Å². The number of carbonyl (C=O) groups is 2. The average Bonchev–Trinajstić information content (AvgIpc) is 3.46. The highest BCUT2D eigenvalue weighted by Gasteiger charge is 2.66. The molecule has 0 spiro atoms. The van der Waals surface area contributed by atoms with Crippen LogP contribution in [0.4, 0.5) is 0 Å². The van der Waals surface area contributed by atoms with Crippen LogP contribution in [0.25, 0.3) is 0 Å². The predicted octanol–water partition coefficient (Wildman–Crippen LogP) is 5.61. The van der Waals surface area contributed by atoms with Crippen molar-refractivity contribution in [2.24, 2.45) is 46.3 Å². The molecule has 4 aliphatic carbocycles. The maximum absolute atomic E-state index is 13.9. The third kappa shape index (κ3) is 8.25. The fraction of sp³-hybridized carbons (Fsp3) is 0.778. The van der Waals surface area contributed by atoms with Crippen LogP contribution in [0.2, 0.25) is 0 Å². The molecule has 58 heavy (non-hydrogen) atoms. The normalized spacial score (nSPS) is 39.3. The van der Waals surface area contributed by atoms with Crippen molar-refractivity contribution < 1.29 is 63.2 Å². The van der Waals surface area contributed by atoms with Crippen LogP contribution in [0.1, 0.15) is 110 Å². The van der Waals surface area contributed by atoms with Gasteiger partial charge >= 0.3 is 11.9 Å². The first-order valence-corrected chi connectivity index (χ1v) is 21.3. The molecular formula is C45H68O13. The summed E-state index contributed by atoms with van der Waals surface area (Å²) in [6, 6.07) is 2.87. The Kier molecular flexibility index (Phi) is 13.5. The maximum Gasteiger partial charge on any atom is 0.338 e. The molecule has 0 bridgehead atoms. The topological polar surface area (TPSA) is 180 Å².